The van der Waals surface area contributed by atoms with Crippen LogP contribution in [0.15, 0.2) is 18.2 Å². The highest BCUT2D eigenvalue weighted by Crippen LogP contribution is 2.53. The Morgan fingerprint density at radius 1 is 1.47 bits per heavy atom. The van der Waals surface area contributed by atoms with Gasteiger partial charge >= 0.3 is 0 Å². The highest BCUT2D eigenvalue weighted by Gasteiger charge is 2.53. The third kappa shape index (κ3) is 1.05. The molecule has 0 saturated heterocycles. The highest BCUT2D eigenvalue weighted by atomic mass is 19.1. The summed E-state index contributed by atoms with van der Waals surface area (Å²) >= 11 is 0. The van der Waals surface area contributed by atoms with Crippen LogP contribution in [0.25, 0.3) is 0 Å². The van der Waals surface area contributed by atoms with Crippen molar-refractivity contribution in [1.82, 2.24) is 0 Å². The smallest absolute Gasteiger partial charge is 0.140 e. The van der Waals surface area contributed by atoms with E-state index in [1.54, 1.807) is 6.07 Å². The third-order valence-electron chi connectivity index (χ3n) is 3.94. The molecule has 15 heavy (non-hydrogen) atoms. The van der Waals surface area contributed by atoms with E-state index < -0.39 is 0 Å². The zero-order valence-electron chi connectivity index (χ0n) is 8.66. The fourth-order valence-corrected chi connectivity index (χ4v) is 3.22. The number of Topliss-reactive ketones (excluding diaryl/α,β-unsaturated/α-hetero) is 1. The molecule has 2 aliphatic carbocycles. The van der Waals surface area contributed by atoms with Gasteiger partial charge < -0.3 is 0 Å². The van der Waals surface area contributed by atoms with E-state index in [2.05, 4.69) is 6.92 Å². The van der Waals surface area contributed by atoms with E-state index in [4.69, 9.17) is 0 Å². The molecule has 0 amide bonds. The molecule has 0 heterocycles. The van der Waals surface area contributed by atoms with E-state index in [0.29, 0.717) is 11.7 Å². The number of carbonyl (C=O) groups excluding carboxylic acids is 1. The lowest BCUT2D eigenvalue weighted by molar-refractivity contribution is -0.137. The second kappa shape index (κ2) is 2.91. The van der Waals surface area contributed by atoms with Gasteiger partial charge in [0.25, 0.3) is 0 Å². The van der Waals surface area contributed by atoms with Gasteiger partial charge in [0.05, 0.1) is 0 Å². The quantitative estimate of drug-likeness (QED) is 0.687. The van der Waals surface area contributed by atoms with Crippen LogP contribution in [-0.4, -0.2) is 5.78 Å². The van der Waals surface area contributed by atoms with Crippen LogP contribution in [0.1, 0.15) is 30.4 Å². The molecule has 2 aliphatic rings. The largest absolute Gasteiger partial charge is 0.299 e. The summed E-state index contributed by atoms with van der Waals surface area (Å²) in [5, 5.41) is 0. The third-order valence-corrected chi connectivity index (χ3v) is 3.94. The number of benzene rings is 1. The van der Waals surface area contributed by atoms with E-state index >= 15 is 0 Å². The fourth-order valence-electron chi connectivity index (χ4n) is 3.22. The summed E-state index contributed by atoms with van der Waals surface area (Å²) < 4.78 is 13.0. The number of hydrogen-bond donors (Lipinski definition) is 0. The molecule has 0 radical (unpaired) electrons. The Hall–Kier alpha value is -1.18. The second-order valence-corrected chi connectivity index (χ2v) is 4.60. The number of halogens is 1. The molecular weight excluding hydrogens is 191 g/mol. The van der Waals surface area contributed by atoms with Crippen LogP contribution in [0, 0.1) is 17.7 Å². The predicted molar refractivity (Wildman–Crippen MR) is 55.1 cm³/mol. The monoisotopic (exact) mass is 204 g/mol. The van der Waals surface area contributed by atoms with Gasteiger partial charge in [0, 0.05) is 17.8 Å². The van der Waals surface area contributed by atoms with Crippen LogP contribution >= 0.6 is 0 Å². The minimum atomic E-state index is -0.185. The van der Waals surface area contributed by atoms with E-state index in [1.807, 2.05) is 6.07 Å². The number of ketones is 1. The molecule has 78 valence electrons. The van der Waals surface area contributed by atoms with Crippen molar-refractivity contribution in [3.63, 3.8) is 0 Å². The molecule has 2 heteroatoms. The van der Waals surface area contributed by atoms with Crippen LogP contribution < -0.4 is 0 Å². The molecule has 3 rings (SSSR count). The predicted octanol–water partition coefficient (Wildman–Crippen LogP) is 2.69. The summed E-state index contributed by atoms with van der Waals surface area (Å²) in [6.07, 6.45) is 1.67. The molecule has 0 spiro atoms. The first-order chi connectivity index (χ1) is 7.22. The maximum Gasteiger partial charge on any atom is 0.140 e. The first-order valence-electron chi connectivity index (χ1n) is 5.54. The Kier molecular flexibility index (Phi) is 1.76. The molecule has 0 bridgehead atoms. The summed E-state index contributed by atoms with van der Waals surface area (Å²) in [7, 11) is 0. The zero-order valence-corrected chi connectivity index (χ0v) is 8.66. The van der Waals surface area contributed by atoms with Crippen molar-refractivity contribution in [2.75, 3.05) is 0 Å². The number of hydrogen-bond acceptors (Lipinski definition) is 1. The molecule has 0 aromatic heterocycles. The van der Waals surface area contributed by atoms with Gasteiger partial charge in [-0.3, -0.25) is 4.79 Å². The van der Waals surface area contributed by atoms with E-state index in [0.717, 1.165) is 18.4 Å². The lowest BCUT2D eigenvalue weighted by Gasteiger charge is -2.38. The number of fused-ring (bicyclic) bond motifs is 3. The van der Waals surface area contributed by atoms with Crippen molar-refractivity contribution in [2.45, 2.75) is 25.7 Å². The molecule has 0 aliphatic heterocycles. The molecule has 1 aromatic rings. The minimum Gasteiger partial charge on any atom is -0.299 e. The van der Waals surface area contributed by atoms with Gasteiger partial charge in [-0.1, -0.05) is 13.0 Å². The Morgan fingerprint density at radius 2 is 2.27 bits per heavy atom. The van der Waals surface area contributed by atoms with Gasteiger partial charge in [-0.2, -0.15) is 0 Å². The summed E-state index contributed by atoms with van der Waals surface area (Å²) in [5.41, 5.74) is 2.27. The van der Waals surface area contributed by atoms with Gasteiger partial charge in [0.1, 0.15) is 11.6 Å². The van der Waals surface area contributed by atoms with Gasteiger partial charge in [0.15, 0.2) is 0 Å². The van der Waals surface area contributed by atoms with Crippen LogP contribution in [0.5, 0.6) is 0 Å². The Balaban J connectivity index is 2.03. The lowest BCUT2D eigenvalue weighted by atomic mass is 9.63. The first-order valence-corrected chi connectivity index (χ1v) is 5.54. The lowest BCUT2D eigenvalue weighted by Crippen LogP contribution is -2.43. The van der Waals surface area contributed by atoms with Gasteiger partial charge in [-0.05, 0) is 36.1 Å². The van der Waals surface area contributed by atoms with Crippen molar-refractivity contribution in [3.8, 4) is 0 Å². The van der Waals surface area contributed by atoms with Crippen LogP contribution in [0.2, 0.25) is 0 Å². The highest BCUT2D eigenvalue weighted by molar-refractivity contribution is 5.93. The Bertz CT molecular complexity index is 438. The van der Waals surface area contributed by atoms with E-state index in [9.17, 15) is 9.18 Å². The molecule has 0 N–H and O–H groups in total. The summed E-state index contributed by atoms with van der Waals surface area (Å²) in [6.45, 7) is 2.06. The summed E-state index contributed by atoms with van der Waals surface area (Å²) in [6, 6.07) is 4.97. The Morgan fingerprint density at radius 3 is 3.00 bits per heavy atom. The molecule has 1 saturated carbocycles. The summed E-state index contributed by atoms with van der Waals surface area (Å²) in [5.74, 6) is 0.946. The maximum atomic E-state index is 13.0. The molecule has 1 fully saturated rings. The van der Waals surface area contributed by atoms with Crippen molar-refractivity contribution >= 4 is 5.78 Å². The topological polar surface area (TPSA) is 17.1 Å². The van der Waals surface area contributed by atoms with Crippen LogP contribution in [0.3, 0.4) is 0 Å². The molecule has 3 atom stereocenters. The minimum absolute atomic E-state index is 0.159. The van der Waals surface area contributed by atoms with Crippen LogP contribution in [-0.2, 0) is 11.2 Å². The number of rotatable bonds is 1. The van der Waals surface area contributed by atoms with Crippen molar-refractivity contribution < 1.29 is 9.18 Å². The average molecular weight is 204 g/mol. The van der Waals surface area contributed by atoms with E-state index in [1.165, 1.54) is 11.6 Å². The summed E-state index contributed by atoms with van der Waals surface area (Å²) in [4.78, 5) is 11.7. The normalized spacial score (nSPS) is 32.1. The van der Waals surface area contributed by atoms with Gasteiger partial charge in [0.2, 0.25) is 0 Å². The Labute approximate surface area is 88.3 Å². The molecule has 1 nitrogen and oxygen atoms in total. The van der Waals surface area contributed by atoms with Crippen molar-refractivity contribution in [1.29, 1.82) is 0 Å². The van der Waals surface area contributed by atoms with E-state index in [-0.39, 0.29) is 17.7 Å². The van der Waals surface area contributed by atoms with Crippen LogP contribution in [0.4, 0.5) is 4.39 Å². The maximum absolute atomic E-state index is 13.0. The SMILES string of the molecule is CCC1C(=O)C2Cc3cc(F)ccc3C12. The second-order valence-electron chi connectivity index (χ2n) is 4.60. The average Bonchev–Trinajstić information content (AvgIpc) is 2.54. The molecule has 1 aromatic carbocycles. The molecule has 3 unspecified atom stereocenters. The fraction of sp³-hybridized carbons (Fsp3) is 0.462. The zero-order chi connectivity index (χ0) is 10.6. The van der Waals surface area contributed by atoms with Crippen molar-refractivity contribution in [3.05, 3.63) is 35.1 Å². The molecular formula is C13H13FO. The van der Waals surface area contributed by atoms with Gasteiger partial charge in [-0.25, -0.2) is 4.39 Å². The van der Waals surface area contributed by atoms with Gasteiger partial charge in [-0.15, -0.1) is 0 Å². The standard InChI is InChI=1S/C13H13FO/c1-2-9-12-10-4-3-8(14)5-7(10)6-11(12)13(9)15/h3-5,9,11-12H,2,6H2,1H3. The van der Waals surface area contributed by atoms with Crippen molar-refractivity contribution in [2.24, 2.45) is 11.8 Å². The number of carbonyl (C=O) groups is 1. The first kappa shape index (κ1) is 9.08.